The van der Waals surface area contributed by atoms with E-state index in [4.69, 9.17) is 10.8 Å². The molecular weight excluding hydrogens is 265 g/mol. The predicted molar refractivity (Wildman–Crippen MR) is 61.5 cm³/mol. The Morgan fingerprint density at radius 1 is 1.53 bits per heavy atom. The number of carbonyl (C=O) groups is 1. The quantitative estimate of drug-likeness (QED) is 0.654. The van der Waals surface area contributed by atoms with Gasteiger partial charge in [0.15, 0.2) is 11.8 Å². The molecule has 1 rings (SSSR count). The fourth-order valence-electron chi connectivity index (χ4n) is 1.37. The van der Waals surface area contributed by atoms with Gasteiger partial charge in [-0.1, -0.05) is 13.8 Å². The normalized spacial score (nSPS) is 13.6. The van der Waals surface area contributed by atoms with E-state index in [-0.39, 0.29) is 17.3 Å². The molecule has 108 valence electrons. The number of nitrogens with two attached hydrogens (primary N) is 1. The molecule has 19 heavy (non-hydrogen) atoms. The fourth-order valence-corrected chi connectivity index (χ4v) is 1.37. The van der Waals surface area contributed by atoms with E-state index >= 15 is 0 Å². The minimum absolute atomic E-state index is 0.00480. The average Bonchev–Trinajstić information content (AvgIpc) is 2.66. The molecule has 0 spiro atoms. The second-order valence-electron chi connectivity index (χ2n) is 4.32. The van der Waals surface area contributed by atoms with Gasteiger partial charge in [0.05, 0.1) is 17.9 Å². The van der Waals surface area contributed by atoms with Crippen molar-refractivity contribution in [1.82, 2.24) is 15.5 Å². The van der Waals surface area contributed by atoms with Gasteiger partial charge in [-0.25, -0.2) is 0 Å². The Morgan fingerprint density at radius 3 is 2.53 bits per heavy atom. The lowest BCUT2D eigenvalue weighted by molar-refractivity contribution is -0.201. The number of hydrogen-bond acceptors (Lipinski definition) is 4. The maximum atomic E-state index is 12.0. The number of amides is 1. The number of aliphatic hydroxyl groups excluding tert-OH is 1. The minimum Gasteiger partial charge on any atom is -0.395 e. The lowest BCUT2D eigenvalue weighted by Crippen LogP contribution is -2.40. The molecule has 1 amide bonds. The lowest BCUT2D eigenvalue weighted by atomic mass is 10.1. The summed E-state index contributed by atoms with van der Waals surface area (Å²) in [4.78, 5) is 11.6. The van der Waals surface area contributed by atoms with Gasteiger partial charge < -0.3 is 16.2 Å². The summed E-state index contributed by atoms with van der Waals surface area (Å²) in [6.07, 6.45) is -7.41. The van der Waals surface area contributed by atoms with Crippen LogP contribution in [0.1, 0.15) is 35.9 Å². The third-order valence-corrected chi connectivity index (χ3v) is 2.46. The summed E-state index contributed by atoms with van der Waals surface area (Å²) in [5, 5.41) is 16.9. The van der Waals surface area contributed by atoms with Gasteiger partial charge in [0.1, 0.15) is 0 Å². The van der Waals surface area contributed by atoms with E-state index in [1.54, 1.807) is 0 Å². The number of alkyl halides is 3. The molecule has 0 saturated heterocycles. The largest absolute Gasteiger partial charge is 0.416 e. The smallest absolute Gasteiger partial charge is 0.395 e. The van der Waals surface area contributed by atoms with Crippen LogP contribution >= 0.6 is 0 Å². The number of aromatic nitrogens is 2. The van der Waals surface area contributed by atoms with E-state index in [0.717, 1.165) is 0 Å². The lowest BCUT2D eigenvalue weighted by Gasteiger charge is -2.14. The molecule has 0 aromatic carbocycles. The first-order valence-electron chi connectivity index (χ1n) is 5.51. The van der Waals surface area contributed by atoms with Crippen LogP contribution in [-0.4, -0.2) is 40.0 Å². The van der Waals surface area contributed by atoms with Gasteiger partial charge in [-0.15, -0.1) is 0 Å². The highest BCUT2D eigenvalue weighted by atomic mass is 19.4. The van der Waals surface area contributed by atoms with Gasteiger partial charge in [0.2, 0.25) is 0 Å². The standard InChI is InChI=1S/C10H15F3N4O2/c1-4(2)7-6(14)8(17-16-7)9(19)15-3-5(18)10(11,12)13/h4-5,18H,3,14H2,1-2H3,(H,15,19)(H,16,17). The number of H-pyrrole nitrogens is 1. The Labute approximate surface area is 107 Å². The van der Waals surface area contributed by atoms with Crippen molar-refractivity contribution >= 4 is 11.6 Å². The van der Waals surface area contributed by atoms with Gasteiger partial charge in [-0.3, -0.25) is 9.89 Å². The zero-order valence-corrected chi connectivity index (χ0v) is 10.4. The molecule has 0 aliphatic rings. The zero-order chi connectivity index (χ0) is 14.8. The fraction of sp³-hybridized carbons (Fsp3) is 0.600. The monoisotopic (exact) mass is 280 g/mol. The van der Waals surface area contributed by atoms with Crippen LogP contribution in [-0.2, 0) is 0 Å². The molecule has 0 fully saturated rings. The van der Waals surface area contributed by atoms with Crippen molar-refractivity contribution in [2.75, 3.05) is 12.3 Å². The average molecular weight is 280 g/mol. The van der Waals surface area contributed by atoms with Gasteiger partial charge in [-0.2, -0.15) is 18.3 Å². The van der Waals surface area contributed by atoms with Crippen LogP contribution in [0.5, 0.6) is 0 Å². The Bertz CT molecular complexity index is 456. The minimum atomic E-state index is -4.78. The van der Waals surface area contributed by atoms with E-state index < -0.39 is 24.7 Å². The SMILES string of the molecule is CC(C)c1[nH]nc(C(=O)NCC(O)C(F)(F)F)c1N. The van der Waals surface area contributed by atoms with E-state index in [0.29, 0.717) is 5.69 Å². The van der Waals surface area contributed by atoms with Crippen molar-refractivity contribution in [3.63, 3.8) is 0 Å². The molecule has 0 bridgehead atoms. The first kappa shape index (κ1) is 15.3. The van der Waals surface area contributed by atoms with Crippen molar-refractivity contribution in [3.05, 3.63) is 11.4 Å². The maximum Gasteiger partial charge on any atom is 0.416 e. The van der Waals surface area contributed by atoms with Crippen LogP contribution in [0.2, 0.25) is 0 Å². The molecule has 0 saturated carbocycles. The molecular formula is C10H15F3N4O2. The second-order valence-corrected chi connectivity index (χ2v) is 4.32. The Morgan fingerprint density at radius 2 is 2.11 bits per heavy atom. The number of anilines is 1. The zero-order valence-electron chi connectivity index (χ0n) is 10.4. The molecule has 0 radical (unpaired) electrons. The number of nitrogens with one attached hydrogen (secondary N) is 2. The number of aromatic amines is 1. The molecule has 9 heteroatoms. The number of rotatable bonds is 4. The third kappa shape index (κ3) is 3.60. The molecule has 1 aromatic rings. The van der Waals surface area contributed by atoms with E-state index in [1.165, 1.54) is 0 Å². The van der Waals surface area contributed by atoms with Gasteiger partial charge in [-0.05, 0) is 5.92 Å². The van der Waals surface area contributed by atoms with Crippen molar-refractivity contribution in [2.24, 2.45) is 0 Å². The summed E-state index contributed by atoms with van der Waals surface area (Å²) in [5.41, 5.74) is 6.10. The van der Waals surface area contributed by atoms with Crippen LogP contribution < -0.4 is 11.1 Å². The van der Waals surface area contributed by atoms with Crippen LogP contribution in [0.4, 0.5) is 18.9 Å². The van der Waals surface area contributed by atoms with E-state index in [2.05, 4.69) is 10.2 Å². The number of carbonyl (C=O) groups excluding carboxylic acids is 1. The number of nitrogen functional groups attached to an aromatic ring is 1. The van der Waals surface area contributed by atoms with Crippen LogP contribution in [0.3, 0.4) is 0 Å². The summed E-state index contributed by atoms with van der Waals surface area (Å²) in [6, 6.07) is 0. The molecule has 5 N–H and O–H groups in total. The molecule has 1 heterocycles. The Balaban J connectivity index is 2.70. The summed E-state index contributed by atoms with van der Waals surface area (Å²) in [7, 11) is 0. The first-order chi connectivity index (χ1) is 8.64. The summed E-state index contributed by atoms with van der Waals surface area (Å²) < 4.78 is 36.1. The number of hydrogen-bond donors (Lipinski definition) is 4. The summed E-state index contributed by atoms with van der Waals surface area (Å²) >= 11 is 0. The topological polar surface area (TPSA) is 104 Å². The third-order valence-electron chi connectivity index (χ3n) is 2.46. The van der Waals surface area contributed by atoms with Crippen LogP contribution in [0, 0.1) is 0 Å². The van der Waals surface area contributed by atoms with Crippen molar-refractivity contribution < 1.29 is 23.1 Å². The molecule has 0 aliphatic heterocycles. The van der Waals surface area contributed by atoms with Gasteiger partial charge in [0, 0.05) is 0 Å². The Kier molecular flexibility index (Phi) is 4.40. The summed E-state index contributed by atoms with van der Waals surface area (Å²) in [6.45, 7) is 2.68. The van der Waals surface area contributed by atoms with Gasteiger partial charge >= 0.3 is 6.18 Å². The number of nitrogens with zero attached hydrogens (tertiary/aromatic N) is 1. The molecule has 1 aromatic heterocycles. The molecule has 6 nitrogen and oxygen atoms in total. The maximum absolute atomic E-state index is 12.0. The highest BCUT2D eigenvalue weighted by molar-refractivity contribution is 5.97. The highest BCUT2D eigenvalue weighted by Crippen LogP contribution is 2.22. The summed E-state index contributed by atoms with van der Waals surface area (Å²) in [5.74, 6) is -0.876. The van der Waals surface area contributed by atoms with Crippen LogP contribution in [0.15, 0.2) is 0 Å². The van der Waals surface area contributed by atoms with Crippen LogP contribution in [0.25, 0.3) is 0 Å². The van der Waals surface area contributed by atoms with Crippen molar-refractivity contribution in [3.8, 4) is 0 Å². The van der Waals surface area contributed by atoms with E-state index in [1.807, 2.05) is 19.2 Å². The molecule has 1 atom stereocenters. The number of halogens is 3. The molecule has 0 aliphatic carbocycles. The Hall–Kier alpha value is -1.77. The van der Waals surface area contributed by atoms with Gasteiger partial charge in [0.25, 0.3) is 5.91 Å². The van der Waals surface area contributed by atoms with Crippen molar-refractivity contribution in [2.45, 2.75) is 32.0 Å². The van der Waals surface area contributed by atoms with Crippen molar-refractivity contribution in [1.29, 1.82) is 0 Å². The molecule has 1 unspecified atom stereocenters. The number of aliphatic hydroxyl groups is 1. The van der Waals surface area contributed by atoms with E-state index in [9.17, 15) is 18.0 Å². The first-order valence-corrected chi connectivity index (χ1v) is 5.51. The second kappa shape index (κ2) is 5.47. The predicted octanol–water partition coefficient (Wildman–Crippen LogP) is 0.768. The highest BCUT2D eigenvalue weighted by Gasteiger charge is 2.38.